The number of nitrogens with two attached hydrogens (primary N) is 1. The molecule has 0 aliphatic rings. The van der Waals surface area contributed by atoms with Gasteiger partial charge in [-0.2, -0.15) is 9.67 Å². The highest BCUT2D eigenvalue weighted by Gasteiger charge is 2.08. The largest absolute Gasteiger partial charge is 0.457 e. The van der Waals surface area contributed by atoms with Crippen molar-refractivity contribution in [2.75, 3.05) is 11.1 Å². The van der Waals surface area contributed by atoms with Crippen molar-refractivity contribution in [2.45, 2.75) is 0 Å². The first-order chi connectivity index (χ1) is 12.8. The summed E-state index contributed by atoms with van der Waals surface area (Å²) in [5, 5.41) is 7.55. The zero-order chi connectivity index (χ0) is 17.8. The molecule has 6 heteroatoms. The molecule has 0 aliphatic carbocycles. The molecular weight excluding hydrogens is 326 g/mol. The fourth-order valence-corrected chi connectivity index (χ4v) is 2.50. The van der Waals surface area contributed by atoms with Crippen LogP contribution in [0.25, 0.3) is 5.69 Å². The molecule has 26 heavy (non-hydrogen) atoms. The number of benzene rings is 3. The van der Waals surface area contributed by atoms with Gasteiger partial charge in [-0.25, -0.2) is 0 Å². The number of ether oxygens (including phenoxy) is 1. The van der Waals surface area contributed by atoms with Gasteiger partial charge in [-0.15, -0.1) is 5.10 Å². The number of anilines is 3. The molecule has 3 N–H and O–H groups in total. The Kier molecular flexibility index (Phi) is 4.22. The zero-order valence-corrected chi connectivity index (χ0v) is 13.9. The van der Waals surface area contributed by atoms with E-state index in [-0.39, 0.29) is 0 Å². The van der Waals surface area contributed by atoms with Gasteiger partial charge in [-0.1, -0.05) is 36.4 Å². The second-order valence-corrected chi connectivity index (χ2v) is 5.61. The van der Waals surface area contributed by atoms with Crippen LogP contribution >= 0.6 is 0 Å². The summed E-state index contributed by atoms with van der Waals surface area (Å²) in [4.78, 5) is 4.26. The highest BCUT2D eigenvalue weighted by Crippen LogP contribution is 2.24. The molecule has 4 aromatic rings. The number of hydrogen-bond acceptors (Lipinski definition) is 5. The molecule has 0 amide bonds. The standard InChI is InChI=1S/C20H17N5O/c21-19-23-20(24-25(19)16-7-3-1-4-8-16)22-15-11-13-18(14-12-15)26-17-9-5-2-6-10-17/h1-14H,(H3,21,22,23,24). The van der Waals surface area contributed by atoms with E-state index in [4.69, 9.17) is 10.5 Å². The molecule has 0 bridgehead atoms. The number of nitrogen functional groups attached to an aromatic ring is 1. The van der Waals surface area contributed by atoms with E-state index >= 15 is 0 Å². The van der Waals surface area contributed by atoms with Gasteiger partial charge >= 0.3 is 0 Å². The molecule has 0 saturated heterocycles. The molecule has 0 unspecified atom stereocenters. The molecule has 0 aliphatic heterocycles. The number of hydrogen-bond donors (Lipinski definition) is 2. The van der Waals surface area contributed by atoms with Crippen LogP contribution in [0.2, 0.25) is 0 Å². The fraction of sp³-hybridized carbons (Fsp3) is 0. The topological polar surface area (TPSA) is 78.0 Å². The molecule has 0 spiro atoms. The molecule has 128 valence electrons. The van der Waals surface area contributed by atoms with Crippen molar-refractivity contribution < 1.29 is 4.74 Å². The van der Waals surface area contributed by atoms with Crippen molar-refractivity contribution in [3.05, 3.63) is 84.9 Å². The van der Waals surface area contributed by atoms with Crippen LogP contribution in [-0.2, 0) is 0 Å². The molecule has 1 aromatic heterocycles. The predicted octanol–water partition coefficient (Wildman–Crippen LogP) is 4.39. The Morgan fingerprint density at radius 3 is 2.08 bits per heavy atom. The summed E-state index contributed by atoms with van der Waals surface area (Å²) in [6.07, 6.45) is 0. The SMILES string of the molecule is Nc1nc(Nc2ccc(Oc3ccccc3)cc2)nn1-c1ccccc1. The number of rotatable bonds is 5. The van der Waals surface area contributed by atoms with Crippen LogP contribution in [0.4, 0.5) is 17.6 Å². The number of nitrogens with one attached hydrogen (secondary N) is 1. The molecule has 4 rings (SSSR count). The normalized spacial score (nSPS) is 10.5. The maximum absolute atomic E-state index is 5.97. The third-order valence-corrected chi connectivity index (χ3v) is 3.72. The van der Waals surface area contributed by atoms with Gasteiger partial charge in [0.25, 0.3) is 0 Å². The maximum atomic E-state index is 5.97. The Morgan fingerprint density at radius 2 is 1.38 bits per heavy atom. The van der Waals surface area contributed by atoms with Gasteiger partial charge in [0.15, 0.2) is 0 Å². The highest BCUT2D eigenvalue weighted by molar-refractivity contribution is 5.56. The number of aromatic nitrogens is 3. The van der Waals surface area contributed by atoms with E-state index in [0.717, 1.165) is 22.9 Å². The first-order valence-electron chi connectivity index (χ1n) is 8.16. The summed E-state index contributed by atoms with van der Waals surface area (Å²) in [6.45, 7) is 0. The summed E-state index contributed by atoms with van der Waals surface area (Å²) in [7, 11) is 0. The van der Waals surface area contributed by atoms with Gasteiger partial charge in [-0.05, 0) is 48.5 Å². The summed E-state index contributed by atoms with van der Waals surface area (Å²) in [5.41, 5.74) is 7.67. The quantitative estimate of drug-likeness (QED) is 0.562. The third kappa shape index (κ3) is 3.49. The van der Waals surface area contributed by atoms with E-state index in [1.165, 1.54) is 0 Å². The van der Waals surface area contributed by atoms with E-state index < -0.39 is 0 Å². The Morgan fingerprint density at radius 1 is 0.769 bits per heavy atom. The van der Waals surface area contributed by atoms with Crippen LogP contribution < -0.4 is 15.8 Å². The van der Waals surface area contributed by atoms with Crippen LogP contribution in [-0.4, -0.2) is 14.8 Å². The Balaban J connectivity index is 1.48. The zero-order valence-electron chi connectivity index (χ0n) is 13.9. The molecular formula is C20H17N5O. The summed E-state index contributed by atoms with van der Waals surface area (Å²) in [6, 6.07) is 26.8. The summed E-state index contributed by atoms with van der Waals surface area (Å²) < 4.78 is 7.37. The number of para-hydroxylation sites is 2. The smallest absolute Gasteiger partial charge is 0.248 e. The monoisotopic (exact) mass is 343 g/mol. The van der Waals surface area contributed by atoms with E-state index in [0.29, 0.717) is 11.9 Å². The van der Waals surface area contributed by atoms with E-state index in [1.807, 2.05) is 84.9 Å². The Hall–Kier alpha value is -3.80. The van der Waals surface area contributed by atoms with E-state index in [2.05, 4.69) is 15.4 Å². The average molecular weight is 343 g/mol. The fourth-order valence-electron chi connectivity index (χ4n) is 2.50. The lowest BCUT2D eigenvalue weighted by atomic mass is 10.3. The van der Waals surface area contributed by atoms with Gasteiger partial charge in [0.05, 0.1) is 5.69 Å². The summed E-state index contributed by atoms with van der Waals surface area (Å²) in [5.74, 6) is 2.30. The van der Waals surface area contributed by atoms with Gasteiger partial charge in [0.1, 0.15) is 11.5 Å². The van der Waals surface area contributed by atoms with Gasteiger partial charge in [-0.3, -0.25) is 0 Å². The van der Waals surface area contributed by atoms with Crippen molar-refractivity contribution in [3.8, 4) is 17.2 Å². The average Bonchev–Trinajstić information content (AvgIpc) is 3.05. The highest BCUT2D eigenvalue weighted by atomic mass is 16.5. The Bertz CT molecular complexity index is 982. The number of nitrogens with zero attached hydrogens (tertiary/aromatic N) is 3. The second kappa shape index (κ2) is 6.98. The lowest BCUT2D eigenvalue weighted by molar-refractivity contribution is 0.483. The molecule has 0 saturated carbocycles. The molecule has 1 heterocycles. The minimum Gasteiger partial charge on any atom is -0.457 e. The molecule has 3 aromatic carbocycles. The first-order valence-corrected chi connectivity index (χ1v) is 8.16. The lowest BCUT2D eigenvalue weighted by Crippen LogP contribution is -2.01. The van der Waals surface area contributed by atoms with Gasteiger partial charge in [0, 0.05) is 5.69 Å². The van der Waals surface area contributed by atoms with Gasteiger partial charge in [0.2, 0.25) is 11.9 Å². The van der Waals surface area contributed by atoms with E-state index in [9.17, 15) is 0 Å². The second-order valence-electron chi connectivity index (χ2n) is 5.61. The minimum atomic E-state index is 0.322. The Labute approximate surface area is 150 Å². The lowest BCUT2D eigenvalue weighted by Gasteiger charge is -2.07. The maximum Gasteiger partial charge on any atom is 0.248 e. The van der Waals surface area contributed by atoms with E-state index in [1.54, 1.807) is 4.68 Å². The van der Waals surface area contributed by atoms with Crippen molar-refractivity contribution in [3.63, 3.8) is 0 Å². The molecule has 0 atom stereocenters. The predicted molar refractivity (Wildman–Crippen MR) is 102 cm³/mol. The van der Waals surface area contributed by atoms with Crippen LogP contribution in [0.5, 0.6) is 11.5 Å². The van der Waals surface area contributed by atoms with Crippen molar-refractivity contribution >= 4 is 17.6 Å². The van der Waals surface area contributed by atoms with Crippen molar-refractivity contribution in [2.24, 2.45) is 0 Å². The first kappa shape index (κ1) is 15.7. The minimum absolute atomic E-state index is 0.322. The molecule has 0 radical (unpaired) electrons. The molecule has 0 fully saturated rings. The summed E-state index contributed by atoms with van der Waals surface area (Å²) >= 11 is 0. The van der Waals surface area contributed by atoms with Crippen molar-refractivity contribution in [1.82, 2.24) is 14.8 Å². The molecule has 6 nitrogen and oxygen atoms in total. The van der Waals surface area contributed by atoms with Crippen LogP contribution in [0, 0.1) is 0 Å². The van der Waals surface area contributed by atoms with Crippen LogP contribution in [0.15, 0.2) is 84.9 Å². The van der Waals surface area contributed by atoms with Crippen LogP contribution in [0.3, 0.4) is 0 Å². The third-order valence-electron chi connectivity index (χ3n) is 3.72. The van der Waals surface area contributed by atoms with Crippen molar-refractivity contribution in [1.29, 1.82) is 0 Å². The van der Waals surface area contributed by atoms with Crippen LogP contribution in [0.1, 0.15) is 0 Å². The van der Waals surface area contributed by atoms with Gasteiger partial charge < -0.3 is 15.8 Å².